The third-order valence-corrected chi connectivity index (χ3v) is 4.40. The van der Waals surface area contributed by atoms with E-state index in [1.807, 2.05) is 0 Å². The Hall–Kier alpha value is -3.37. The smallest absolute Gasteiger partial charge is 0.359 e. The standard InChI is InChI=1S/C17H15F3N6O2/c18-17(19,20)11-2-1-3-12(6-11)23-16-13-7-25(5-4-14(13)28-24-16)15(27)8-26-10-21-9-22-26/h1-3,6,9-10H,4-5,7-8H2,(H,23,24). The van der Waals surface area contributed by atoms with Gasteiger partial charge in [-0.15, -0.1) is 0 Å². The Bertz CT molecular complexity index is 983. The van der Waals surface area contributed by atoms with Crippen molar-refractivity contribution >= 4 is 17.4 Å². The lowest BCUT2D eigenvalue weighted by molar-refractivity contribution is -0.137. The van der Waals surface area contributed by atoms with E-state index in [1.165, 1.54) is 29.5 Å². The first-order valence-corrected chi connectivity index (χ1v) is 8.42. The fourth-order valence-corrected chi connectivity index (χ4v) is 2.98. The maximum Gasteiger partial charge on any atom is 0.416 e. The number of hydrogen-bond acceptors (Lipinski definition) is 6. The Morgan fingerprint density at radius 2 is 2.18 bits per heavy atom. The van der Waals surface area contributed by atoms with Crippen molar-refractivity contribution in [1.29, 1.82) is 0 Å². The third-order valence-electron chi connectivity index (χ3n) is 4.40. The van der Waals surface area contributed by atoms with Gasteiger partial charge in [-0.25, -0.2) is 9.67 Å². The SMILES string of the molecule is O=C(Cn1cncn1)N1CCc2onc(Nc3cccc(C(F)(F)F)c3)c2C1. The van der Waals surface area contributed by atoms with E-state index >= 15 is 0 Å². The normalized spacial score (nSPS) is 14.0. The molecule has 1 N–H and O–H groups in total. The monoisotopic (exact) mass is 392 g/mol. The first-order valence-electron chi connectivity index (χ1n) is 8.42. The van der Waals surface area contributed by atoms with Gasteiger partial charge in [0.25, 0.3) is 0 Å². The molecule has 4 rings (SSSR count). The van der Waals surface area contributed by atoms with Gasteiger partial charge in [0.15, 0.2) is 5.82 Å². The molecule has 3 aromatic rings. The topological polar surface area (TPSA) is 89.1 Å². The van der Waals surface area contributed by atoms with Crippen molar-refractivity contribution in [2.24, 2.45) is 0 Å². The minimum Gasteiger partial charge on any atom is -0.359 e. The summed E-state index contributed by atoms with van der Waals surface area (Å²) < 4.78 is 45.4. The molecule has 8 nitrogen and oxygen atoms in total. The molecule has 1 aliphatic heterocycles. The van der Waals surface area contributed by atoms with E-state index in [4.69, 9.17) is 4.52 Å². The molecule has 0 bridgehead atoms. The highest BCUT2D eigenvalue weighted by molar-refractivity contribution is 5.76. The van der Waals surface area contributed by atoms with Crippen LogP contribution in [0.5, 0.6) is 0 Å². The van der Waals surface area contributed by atoms with Crippen LogP contribution in [0.25, 0.3) is 0 Å². The number of aromatic nitrogens is 4. The molecule has 2 aromatic heterocycles. The van der Waals surface area contributed by atoms with Crippen LogP contribution in [-0.2, 0) is 30.5 Å². The van der Waals surface area contributed by atoms with Crippen LogP contribution >= 0.6 is 0 Å². The van der Waals surface area contributed by atoms with Crippen molar-refractivity contribution in [3.8, 4) is 0 Å². The van der Waals surface area contributed by atoms with Crippen molar-refractivity contribution in [1.82, 2.24) is 24.8 Å². The summed E-state index contributed by atoms with van der Waals surface area (Å²) in [5, 5.41) is 10.7. The first kappa shape index (κ1) is 18.0. The van der Waals surface area contributed by atoms with E-state index < -0.39 is 11.7 Å². The van der Waals surface area contributed by atoms with E-state index in [2.05, 4.69) is 20.6 Å². The van der Waals surface area contributed by atoms with Gasteiger partial charge in [-0.05, 0) is 18.2 Å². The molecule has 0 fully saturated rings. The number of benzene rings is 1. The van der Waals surface area contributed by atoms with Crippen molar-refractivity contribution in [2.75, 3.05) is 11.9 Å². The molecule has 1 amide bonds. The minimum absolute atomic E-state index is 0.0526. The average Bonchev–Trinajstić information content (AvgIpc) is 3.31. The predicted octanol–water partition coefficient (Wildman–Crippen LogP) is 2.61. The summed E-state index contributed by atoms with van der Waals surface area (Å²) >= 11 is 0. The number of carbonyl (C=O) groups is 1. The lowest BCUT2D eigenvalue weighted by Gasteiger charge is -2.26. The highest BCUT2D eigenvalue weighted by Gasteiger charge is 2.31. The van der Waals surface area contributed by atoms with Crippen molar-refractivity contribution in [3.63, 3.8) is 0 Å². The first-order chi connectivity index (χ1) is 13.4. The Morgan fingerprint density at radius 1 is 1.32 bits per heavy atom. The Labute approximate surface area is 156 Å². The zero-order valence-electron chi connectivity index (χ0n) is 14.5. The van der Waals surface area contributed by atoms with E-state index in [-0.39, 0.29) is 24.7 Å². The summed E-state index contributed by atoms with van der Waals surface area (Å²) in [6.45, 7) is 0.753. The average molecular weight is 392 g/mol. The maximum atomic E-state index is 12.9. The molecule has 0 saturated carbocycles. The van der Waals surface area contributed by atoms with Gasteiger partial charge in [0, 0.05) is 18.7 Å². The molecule has 0 spiro atoms. The molecular formula is C17H15F3N6O2. The van der Waals surface area contributed by atoms with Crippen LogP contribution in [0.3, 0.4) is 0 Å². The third kappa shape index (κ3) is 3.68. The fraction of sp³-hybridized carbons (Fsp3) is 0.294. The Balaban J connectivity index is 1.50. The van der Waals surface area contributed by atoms with Gasteiger partial charge in [0.2, 0.25) is 5.91 Å². The highest BCUT2D eigenvalue weighted by Crippen LogP contribution is 2.33. The zero-order valence-corrected chi connectivity index (χ0v) is 14.5. The molecular weight excluding hydrogens is 377 g/mol. The molecule has 28 heavy (non-hydrogen) atoms. The van der Waals surface area contributed by atoms with Gasteiger partial charge >= 0.3 is 6.18 Å². The number of alkyl halides is 3. The molecule has 146 valence electrons. The van der Waals surface area contributed by atoms with Crippen molar-refractivity contribution in [2.45, 2.75) is 25.7 Å². The molecule has 0 unspecified atom stereocenters. The van der Waals surface area contributed by atoms with Crippen molar-refractivity contribution in [3.05, 3.63) is 53.8 Å². The molecule has 0 aliphatic carbocycles. The van der Waals surface area contributed by atoms with E-state index in [0.717, 1.165) is 12.1 Å². The Morgan fingerprint density at radius 3 is 2.93 bits per heavy atom. The molecule has 0 saturated heterocycles. The summed E-state index contributed by atoms with van der Waals surface area (Å²) in [5.41, 5.74) is 0.118. The molecule has 11 heteroatoms. The fourth-order valence-electron chi connectivity index (χ4n) is 2.98. The van der Waals surface area contributed by atoms with Crippen LogP contribution in [0.4, 0.5) is 24.7 Å². The van der Waals surface area contributed by atoms with Crippen LogP contribution in [0.2, 0.25) is 0 Å². The van der Waals surface area contributed by atoms with Gasteiger partial charge in [-0.1, -0.05) is 11.2 Å². The van der Waals surface area contributed by atoms with Gasteiger partial charge in [0.1, 0.15) is 25.0 Å². The highest BCUT2D eigenvalue weighted by atomic mass is 19.4. The van der Waals surface area contributed by atoms with Gasteiger partial charge < -0.3 is 14.7 Å². The van der Waals surface area contributed by atoms with Crippen LogP contribution in [0, 0.1) is 0 Å². The number of rotatable bonds is 4. The van der Waals surface area contributed by atoms with Crippen LogP contribution in [0.1, 0.15) is 16.9 Å². The molecule has 3 heterocycles. The second-order valence-corrected chi connectivity index (χ2v) is 6.29. The maximum absolute atomic E-state index is 12.9. The van der Waals surface area contributed by atoms with Crippen LogP contribution < -0.4 is 5.32 Å². The number of nitrogens with zero attached hydrogens (tertiary/aromatic N) is 5. The summed E-state index contributed by atoms with van der Waals surface area (Å²) in [4.78, 5) is 17.9. The van der Waals surface area contributed by atoms with Gasteiger partial charge in [-0.2, -0.15) is 18.3 Å². The lowest BCUT2D eigenvalue weighted by atomic mass is 10.1. The summed E-state index contributed by atoms with van der Waals surface area (Å²) in [5.74, 6) is 0.759. The summed E-state index contributed by atoms with van der Waals surface area (Å²) in [7, 11) is 0. The zero-order chi connectivity index (χ0) is 19.7. The predicted molar refractivity (Wildman–Crippen MR) is 90.4 cm³/mol. The lowest BCUT2D eigenvalue weighted by Crippen LogP contribution is -2.37. The van der Waals surface area contributed by atoms with Crippen molar-refractivity contribution < 1.29 is 22.5 Å². The number of carbonyl (C=O) groups excluding carboxylic acids is 1. The minimum atomic E-state index is -4.44. The number of anilines is 2. The van der Waals surface area contributed by atoms with E-state index in [0.29, 0.717) is 30.1 Å². The number of halogens is 3. The second kappa shape index (κ2) is 6.98. The molecule has 1 aromatic carbocycles. The van der Waals surface area contributed by atoms with Gasteiger partial charge in [-0.3, -0.25) is 4.79 Å². The number of fused-ring (bicyclic) bond motifs is 1. The van der Waals surface area contributed by atoms with E-state index in [1.54, 1.807) is 4.90 Å². The number of amides is 1. The molecule has 0 radical (unpaired) electrons. The number of hydrogen-bond donors (Lipinski definition) is 1. The van der Waals surface area contributed by atoms with Gasteiger partial charge in [0.05, 0.1) is 17.7 Å². The van der Waals surface area contributed by atoms with Crippen LogP contribution in [-0.4, -0.2) is 37.3 Å². The molecule has 1 aliphatic rings. The quantitative estimate of drug-likeness (QED) is 0.734. The second-order valence-electron chi connectivity index (χ2n) is 6.29. The Kier molecular flexibility index (Phi) is 4.49. The summed E-state index contributed by atoms with van der Waals surface area (Å²) in [6, 6.07) is 4.81. The van der Waals surface area contributed by atoms with Crippen LogP contribution in [0.15, 0.2) is 41.4 Å². The van der Waals surface area contributed by atoms with E-state index in [9.17, 15) is 18.0 Å². The molecule has 0 atom stereocenters. The summed E-state index contributed by atoms with van der Waals surface area (Å²) in [6.07, 6.45) is -1.17. The number of nitrogens with one attached hydrogen (secondary N) is 1. The largest absolute Gasteiger partial charge is 0.416 e.